The van der Waals surface area contributed by atoms with Crippen LogP contribution in [0.15, 0.2) is 11.6 Å². The average Bonchev–Trinajstić information content (AvgIpc) is 3.70. The maximum absolute atomic E-state index is 14.5. The van der Waals surface area contributed by atoms with Crippen LogP contribution in [-0.4, -0.2) is 147 Å². The topological polar surface area (TPSA) is 257 Å². The molecular formula is C41H64O17S. The fraction of sp³-hybridized carbons (Fsp3) is 0.927. The van der Waals surface area contributed by atoms with E-state index in [1.807, 2.05) is 26.8 Å². The van der Waals surface area contributed by atoms with Crippen LogP contribution in [0.2, 0.25) is 0 Å². The highest BCUT2D eigenvalue weighted by Gasteiger charge is 2.87. The Morgan fingerprint density at radius 1 is 0.814 bits per heavy atom. The van der Waals surface area contributed by atoms with Gasteiger partial charge in [0.25, 0.3) is 0 Å². The summed E-state index contributed by atoms with van der Waals surface area (Å²) >= 11 is 0. The van der Waals surface area contributed by atoms with E-state index in [2.05, 4.69) is 25.0 Å². The molecular weight excluding hydrogens is 797 g/mol. The van der Waals surface area contributed by atoms with Gasteiger partial charge in [0.1, 0.15) is 53.7 Å². The summed E-state index contributed by atoms with van der Waals surface area (Å²) in [4.78, 5) is 14.5. The van der Waals surface area contributed by atoms with Crippen molar-refractivity contribution >= 4 is 16.4 Å². The molecule has 0 aromatic heterocycles. The molecule has 0 amide bonds. The van der Waals surface area contributed by atoms with E-state index in [-0.39, 0.29) is 18.3 Å². The number of hydrogen-bond acceptors (Lipinski definition) is 16. The normalized spacial score (nSPS) is 54.1. The largest absolute Gasteiger partial charge is 0.453 e. The van der Waals surface area contributed by atoms with Crippen molar-refractivity contribution in [2.45, 2.75) is 197 Å². The van der Waals surface area contributed by atoms with Crippen molar-refractivity contribution in [3.05, 3.63) is 11.6 Å². The number of rotatable bonds is 7. The molecule has 59 heavy (non-hydrogen) atoms. The third kappa shape index (κ3) is 6.16. The number of fused-ring (bicyclic) bond motifs is 4. The quantitative estimate of drug-likeness (QED) is 0.0827. The molecule has 0 bridgehead atoms. The molecule has 7 N–H and O–H groups in total. The van der Waals surface area contributed by atoms with Gasteiger partial charge in [0.2, 0.25) is 0 Å². The lowest BCUT2D eigenvalue weighted by molar-refractivity contribution is -0.362. The Morgan fingerprint density at radius 3 is 2.15 bits per heavy atom. The zero-order valence-electron chi connectivity index (χ0n) is 35.1. The molecule has 0 aromatic rings. The molecule has 4 aliphatic carbocycles. The molecule has 8 aliphatic rings. The number of cyclic esters (lactones) is 1. The lowest BCUT2D eigenvalue weighted by Crippen LogP contribution is -2.69. The second kappa shape index (κ2) is 14.1. The summed E-state index contributed by atoms with van der Waals surface area (Å²) in [6.07, 6.45) is -9.75. The fourth-order valence-electron chi connectivity index (χ4n) is 13.7. The van der Waals surface area contributed by atoms with Crippen LogP contribution in [0.25, 0.3) is 0 Å². The molecule has 4 heterocycles. The van der Waals surface area contributed by atoms with E-state index in [9.17, 15) is 48.4 Å². The van der Waals surface area contributed by atoms with Crippen LogP contribution >= 0.6 is 0 Å². The van der Waals surface area contributed by atoms with Crippen LogP contribution in [0.3, 0.4) is 0 Å². The highest BCUT2D eigenvalue weighted by molar-refractivity contribution is 7.80. The zero-order chi connectivity index (χ0) is 43.3. The Labute approximate surface area is 345 Å². The summed E-state index contributed by atoms with van der Waals surface area (Å²) in [7, 11) is -5.04. The monoisotopic (exact) mass is 860 g/mol. The van der Waals surface area contributed by atoms with Crippen molar-refractivity contribution in [2.75, 3.05) is 6.61 Å². The first-order valence-electron chi connectivity index (χ1n) is 21.2. The number of aliphatic hydroxyl groups excluding tert-OH is 5. The lowest BCUT2D eigenvalue weighted by Gasteiger charge is -2.64. The zero-order valence-corrected chi connectivity index (χ0v) is 36.0. The van der Waals surface area contributed by atoms with Crippen molar-refractivity contribution in [2.24, 2.45) is 33.5 Å². The molecule has 4 aliphatic heterocycles. The van der Waals surface area contributed by atoms with Gasteiger partial charge in [-0.3, -0.25) is 9.35 Å². The molecule has 17 nitrogen and oxygen atoms in total. The summed E-state index contributed by atoms with van der Waals surface area (Å²) in [5.74, 6) is -0.746. The minimum Gasteiger partial charge on any atom is -0.453 e. The molecule has 7 fully saturated rings. The highest BCUT2D eigenvalue weighted by Crippen LogP contribution is 2.77. The van der Waals surface area contributed by atoms with Gasteiger partial charge in [0, 0.05) is 0 Å². The second-order valence-electron chi connectivity index (χ2n) is 20.7. The Morgan fingerprint density at radius 2 is 1.51 bits per heavy atom. The number of allylic oxidation sites excluding steroid dienone is 1. The molecule has 4 saturated heterocycles. The Kier molecular flexibility index (Phi) is 10.6. The summed E-state index contributed by atoms with van der Waals surface area (Å²) < 4.78 is 74.3. The first kappa shape index (κ1) is 44.3. The van der Waals surface area contributed by atoms with Gasteiger partial charge in [-0.2, -0.15) is 8.42 Å². The number of carbonyl (C=O) groups is 1. The molecule has 0 unspecified atom stereocenters. The second-order valence-corrected chi connectivity index (χ2v) is 21.7. The van der Waals surface area contributed by atoms with Crippen molar-refractivity contribution in [3.63, 3.8) is 0 Å². The Bertz CT molecular complexity index is 1820. The van der Waals surface area contributed by atoms with Crippen LogP contribution in [0.4, 0.5) is 0 Å². The maximum atomic E-state index is 14.5. The summed E-state index contributed by atoms with van der Waals surface area (Å²) in [5.41, 5.74) is -5.89. The van der Waals surface area contributed by atoms with Crippen molar-refractivity contribution in [1.82, 2.24) is 0 Å². The van der Waals surface area contributed by atoms with Crippen molar-refractivity contribution in [1.29, 1.82) is 0 Å². The Hall–Kier alpha value is -1.36. The summed E-state index contributed by atoms with van der Waals surface area (Å²) in [6.45, 7) is 15.1. The first-order valence-corrected chi connectivity index (χ1v) is 22.5. The molecule has 0 aromatic carbocycles. The predicted molar refractivity (Wildman–Crippen MR) is 203 cm³/mol. The highest BCUT2D eigenvalue weighted by atomic mass is 32.3. The smallest absolute Gasteiger partial charge is 0.397 e. The van der Waals surface area contributed by atoms with Gasteiger partial charge in [0.05, 0.1) is 30.5 Å². The fourth-order valence-corrected chi connectivity index (χ4v) is 14.2. The van der Waals surface area contributed by atoms with E-state index in [1.54, 1.807) is 6.92 Å². The Balaban J connectivity index is 1.07. The van der Waals surface area contributed by atoms with E-state index in [4.69, 9.17) is 28.4 Å². The number of carbonyl (C=O) groups excluding carboxylic acids is 1. The number of esters is 1. The van der Waals surface area contributed by atoms with Gasteiger partial charge in [-0.1, -0.05) is 39.3 Å². The molecule has 3 saturated carbocycles. The van der Waals surface area contributed by atoms with E-state index < -0.39 is 135 Å². The van der Waals surface area contributed by atoms with Gasteiger partial charge in [-0.05, 0) is 107 Å². The van der Waals surface area contributed by atoms with E-state index >= 15 is 0 Å². The molecule has 1 spiro atoms. The van der Waals surface area contributed by atoms with Crippen LogP contribution in [0.1, 0.15) is 107 Å². The molecule has 18 heteroatoms. The summed E-state index contributed by atoms with van der Waals surface area (Å²) in [5, 5.41) is 68.2. The van der Waals surface area contributed by atoms with Crippen LogP contribution in [-0.2, 0) is 47.8 Å². The molecule has 336 valence electrons. The minimum absolute atomic E-state index is 0.0271. The van der Waals surface area contributed by atoms with Crippen LogP contribution < -0.4 is 0 Å². The van der Waals surface area contributed by atoms with Gasteiger partial charge in [-0.15, -0.1) is 0 Å². The first-order chi connectivity index (χ1) is 27.2. The third-order valence-electron chi connectivity index (χ3n) is 16.9. The molecule has 8 rings (SSSR count). The molecule has 0 radical (unpaired) electrons. The maximum Gasteiger partial charge on any atom is 0.397 e. The average molecular weight is 861 g/mol. The van der Waals surface area contributed by atoms with Crippen molar-refractivity contribution in [3.8, 4) is 0 Å². The lowest BCUT2D eigenvalue weighted by atomic mass is 9.40. The third-order valence-corrected chi connectivity index (χ3v) is 17.4. The van der Waals surface area contributed by atoms with Gasteiger partial charge in [-0.25, -0.2) is 4.18 Å². The van der Waals surface area contributed by atoms with Crippen molar-refractivity contribution < 1.29 is 81.0 Å². The van der Waals surface area contributed by atoms with E-state index in [1.165, 1.54) is 6.92 Å². The van der Waals surface area contributed by atoms with Gasteiger partial charge < -0.3 is 59.1 Å². The van der Waals surface area contributed by atoms with Crippen LogP contribution in [0, 0.1) is 33.5 Å². The SMILES string of the molecule is C[C@H]1O[C@@H](O[C@H]2[C@H](O[C@H]3CC[C@]4(C)C5=C[C@H](O)[C@]67C(=O)O[C@@](C)([C@H]8CCC(C)(C)O8)[C@@]6(O)CC[C@@]7(C)[C@@H]5CC[C@@H]4C3(C)C)OC[C@@H](OS(=O)(=O)O)[C@@H]2O)[C@H](O)[C@@H](O)[C@@H]1O. The standard InChI is InChI=1S/C41H64O17S/c1-19-27(43)29(45)30(46)32(53-19)55-31-28(44)22(58-59(49,50)51)18-52-33(31)54-25-12-14-37(6)21-17-24(42)41-34(47)57-39(8,26-11-13-35(2,3)56-26)40(41,48)16-15-38(41,7)20(21)9-10-23(37)36(25,4)5/h17,19-20,22-33,42-46,48H,9-16,18H2,1-8H3,(H,49,50,51)/t19-,20-,22-,23-,24+,25+,26-,27-,28+,29+,30-,31-,32+,33+,37-,38+,39+,40+,41-/m1/s1. The number of ether oxygens (including phenoxy) is 6. The number of aliphatic hydroxyl groups is 6. The van der Waals surface area contributed by atoms with E-state index in [0.29, 0.717) is 32.1 Å². The van der Waals surface area contributed by atoms with Gasteiger partial charge in [0.15, 0.2) is 18.2 Å². The minimum atomic E-state index is -5.04. The number of hydrogen-bond donors (Lipinski definition) is 7. The molecule has 19 atom stereocenters. The predicted octanol–water partition coefficient (Wildman–Crippen LogP) is 1.43. The van der Waals surface area contributed by atoms with E-state index in [0.717, 1.165) is 18.4 Å². The summed E-state index contributed by atoms with van der Waals surface area (Å²) in [6, 6.07) is 0. The van der Waals surface area contributed by atoms with Gasteiger partial charge >= 0.3 is 16.4 Å². The van der Waals surface area contributed by atoms with Crippen LogP contribution in [0.5, 0.6) is 0 Å².